The average Bonchev–Trinajstić information content (AvgIpc) is 3.10. The Morgan fingerprint density at radius 3 is 1.92 bits per heavy atom. The molecule has 2 rings (SSSR count). The zero-order valence-corrected chi connectivity index (χ0v) is 28.9. The highest BCUT2D eigenvalue weighted by Gasteiger charge is 2.29. The molecule has 0 bridgehead atoms. The zero-order chi connectivity index (χ0) is 38.8. The van der Waals surface area contributed by atoms with Crippen molar-refractivity contribution in [3.8, 4) is 0 Å². The van der Waals surface area contributed by atoms with Gasteiger partial charge in [0, 0.05) is 24.3 Å². The van der Waals surface area contributed by atoms with Crippen LogP contribution in [0.2, 0.25) is 0 Å². The van der Waals surface area contributed by atoms with Crippen molar-refractivity contribution in [1.29, 1.82) is 0 Å². The molecule has 0 aliphatic carbocycles. The van der Waals surface area contributed by atoms with E-state index in [2.05, 4.69) is 16.0 Å². The average molecular weight is 752 g/mol. The van der Waals surface area contributed by atoms with E-state index >= 15 is 0 Å². The molecule has 282 valence electrons. The molecular formula is C30H37N7O14S. The van der Waals surface area contributed by atoms with Gasteiger partial charge in [0.2, 0.25) is 11.8 Å². The maximum atomic E-state index is 13.2. The Balaban J connectivity index is 2.29. The van der Waals surface area contributed by atoms with E-state index in [-0.39, 0.29) is 36.0 Å². The summed E-state index contributed by atoms with van der Waals surface area (Å²) in [7, 11) is 0. The number of nitrogens with one attached hydrogen (secondary N) is 3. The van der Waals surface area contributed by atoms with Crippen molar-refractivity contribution in [3.63, 3.8) is 0 Å². The third-order valence-corrected chi connectivity index (χ3v) is 8.14. The molecule has 2 aromatic rings. The smallest absolute Gasteiger partial charge is 0.328 e. The number of esters is 2. The number of anilines is 1. The van der Waals surface area contributed by atoms with Crippen molar-refractivity contribution in [2.45, 2.75) is 69.4 Å². The van der Waals surface area contributed by atoms with Gasteiger partial charge in [-0.1, -0.05) is 26.7 Å². The molecule has 2 unspecified atom stereocenters. The molecule has 2 aromatic carbocycles. The van der Waals surface area contributed by atoms with Crippen LogP contribution in [0.15, 0.2) is 41.3 Å². The first-order chi connectivity index (χ1) is 24.7. The van der Waals surface area contributed by atoms with Crippen LogP contribution in [-0.2, 0) is 28.7 Å². The van der Waals surface area contributed by atoms with E-state index in [1.54, 1.807) is 0 Å². The van der Waals surface area contributed by atoms with Gasteiger partial charge in [-0.3, -0.25) is 54.8 Å². The number of carbonyl (C=O) groups is 4. The Kier molecular flexibility index (Phi) is 17.3. The third-order valence-electron chi connectivity index (χ3n) is 6.98. The van der Waals surface area contributed by atoms with E-state index in [0.717, 1.165) is 48.5 Å². The maximum absolute atomic E-state index is 13.2. The van der Waals surface area contributed by atoms with Crippen LogP contribution in [0.25, 0.3) is 0 Å². The summed E-state index contributed by atoms with van der Waals surface area (Å²) in [5.74, 6) is -3.70. The van der Waals surface area contributed by atoms with E-state index in [9.17, 15) is 59.6 Å². The molecule has 3 N–H and O–H groups in total. The number of ether oxygens (including phenoxy) is 2. The highest BCUT2D eigenvalue weighted by atomic mass is 32.2. The molecule has 0 aliphatic rings. The Morgan fingerprint density at radius 1 is 0.769 bits per heavy atom. The summed E-state index contributed by atoms with van der Waals surface area (Å²) in [6.07, 6.45) is 1.67. The molecule has 0 saturated carbocycles. The summed E-state index contributed by atoms with van der Waals surface area (Å²) in [6, 6.07) is 2.79. The SMILES string of the molecule is CCCCOC(=O)CNC(=O)C(CSc1ccc([N+](=O)[O-])cc1[N+](=O)[O-])NC(=O)CCC(Nc1ccc([N+](=O)[O-])cc1[N+](=O)[O-])C(=O)OCCCC. The second kappa shape index (κ2) is 21.3. The number of unbranched alkanes of at least 4 members (excludes halogenated alkanes) is 2. The molecule has 52 heavy (non-hydrogen) atoms. The number of nitrogens with zero attached hydrogens (tertiary/aromatic N) is 4. The molecule has 0 radical (unpaired) electrons. The highest BCUT2D eigenvalue weighted by molar-refractivity contribution is 7.99. The van der Waals surface area contributed by atoms with Crippen LogP contribution < -0.4 is 16.0 Å². The van der Waals surface area contributed by atoms with Gasteiger partial charge in [-0.25, -0.2) is 4.79 Å². The summed E-state index contributed by atoms with van der Waals surface area (Å²) in [5.41, 5.74) is -2.73. The van der Waals surface area contributed by atoms with Gasteiger partial charge < -0.3 is 25.4 Å². The van der Waals surface area contributed by atoms with Gasteiger partial charge in [0.05, 0.1) is 49.9 Å². The molecule has 21 nitrogen and oxygen atoms in total. The van der Waals surface area contributed by atoms with Crippen LogP contribution in [0.4, 0.5) is 28.4 Å². The van der Waals surface area contributed by atoms with Crippen molar-refractivity contribution in [1.82, 2.24) is 10.6 Å². The van der Waals surface area contributed by atoms with Crippen molar-refractivity contribution in [2.75, 3.05) is 30.8 Å². The van der Waals surface area contributed by atoms with Crippen molar-refractivity contribution >= 4 is 64.0 Å². The number of nitro benzene ring substituents is 4. The van der Waals surface area contributed by atoms with Gasteiger partial charge in [-0.2, -0.15) is 0 Å². The van der Waals surface area contributed by atoms with Gasteiger partial charge in [-0.05, 0) is 31.4 Å². The van der Waals surface area contributed by atoms with Crippen molar-refractivity contribution in [3.05, 3.63) is 76.9 Å². The number of carbonyl (C=O) groups excluding carboxylic acids is 4. The molecule has 0 spiro atoms. The molecule has 0 heterocycles. The van der Waals surface area contributed by atoms with Crippen molar-refractivity contribution in [2.24, 2.45) is 0 Å². The van der Waals surface area contributed by atoms with Crippen LogP contribution in [0.1, 0.15) is 52.4 Å². The monoisotopic (exact) mass is 751 g/mol. The first-order valence-corrected chi connectivity index (χ1v) is 16.8. The van der Waals surface area contributed by atoms with Crippen LogP contribution in [0.5, 0.6) is 0 Å². The number of amides is 2. The van der Waals surface area contributed by atoms with Gasteiger partial charge in [0.1, 0.15) is 24.3 Å². The fourth-order valence-corrected chi connectivity index (χ4v) is 5.23. The number of non-ortho nitro benzene ring substituents is 2. The van der Waals surface area contributed by atoms with E-state index < -0.39 is 91.2 Å². The number of rotatable bonds is 23. The van der Waals surface area contributed by atoms with E-state index in [0.29, 0.717) is 25.3 Å². The van der Waals surface area contributed by atoms with Crippen LogP contribution in [-0.4, -0.2) is 81.0 Å². The molecule has 2 atom stereocenters. The summed E-state index contributed by atoms with van der Waals surface area (Å²) >= 11 is 0.721. The lowest BCUT2D eigenvalue weighted by molar-refractivity contribution is -0.396. The Morgan fingerprint density at radius 2 is 1.35 bits per heavy atom. The zero-order valence-electron chi connectivity index (χ0n) is 28.1. The maximum Gasteiger partial charge on any atom is 0.328 e. The molecular weight excluding hydrogens is 714 g/mol. The Bertz CT molecular complexity index is 1660. The van der Waals surface area contributed by atoms with E-state index in [1.165, 1.54) is 0 Å². The summed E-state index contributed by atoms with van der Waals surface area (Å²) < 4.78 is 10.2. The third kappa shape index (κ3) is 13.8. The summed E-state index contributed by atoms with van der Waals surface area (Å²) in [5, 5.41) is 52.9. The number of hydrogen-bond donors (Lipinski definition) is 3. The highest BCUT2D eigenvalue weighted by Crippen LogP contribution is 2.33. The minimum Gasteiger partial charge on any atom is -0.464 e. The van der Waals surface area contributed by atoms with Crippen LogP contribution in [0, 0.1) is 40.5 Å². The fourth-order valence-electron chi connectivity index (χ4n) is 4.21. The largest absolute Gasteiger partial charge is 0.464 e. The van der Waals surface area contributed by atoms with E-state index in [1.807, 2.05) is 13.8 Å². The molecule has 0 saturated heterocycles. The lowest BCUT2D eigenvalue weighted by Crippen LogP contribution is -2.49. The minimum atomic E-state index is -1.44. The fraction of sp³-hybridized carbons (Fsp3) is 0.467. The summed E-state index contributed by atoms with van der Waals surface area (Å²) in [6.45, 7) is 3.26. The Hall–Kier alpha value is -5.93. The molecule has 2 amide bonds. The second-order valence-corrected chi connectivity index (χ2v) is 11.9. The molecule has 0 aliphatic heterocycles. The lowest BCUT2D eigenvalue weighted by Gasteiger charge is -2.21. The molecule has 0 fully saturated rings. The standard InChI is InChI=1S/C30H37N7O14S/c1-3-5-13-50-28(39)17-31-29(40)23(18-52-26-11-8-20(35(44)45)16-25(26)37(48)49)33-27(38)12-10-22(30(41)51-14-6-4-2)32-21-9-7-19(34(42)43)15-24(21)36(46)47/h7-9,11,15-16,22-23,32H,3-6,10,12-14,17-18H2,1-2H3,(H,31,40)(H,33,38). The normalized spacial score (nSPS) is 11.7. The quantitative estimate of drug-likeness (QED) is 0.0476. The first kappa shape index (κ1) is 42.2. The number of nitro groups is 4. The lowest BCUT2D eigenvalue weighted by atomic mass is 10.1. The number of thioether (sulfide) groups is 1. The van der Waals surface area contributed by atoms with Gasteiger partial charge in [0.15, 0.2) is 0 Å². The van der Waals surface area contributed by atoms with Crippen LogP contribution in [0.3, 0.4) is 0 Å². The number of hydrogen-bond acceptors (Lipinski definition) is 16. The summed E-state index contributed by atoms with van der Waals surface area (Å²) in [4.78, 5) is 93.5. The molecule has 0 aromatic heterocycles. The predicted octanol–water partition coefficient (Wildman–Crippen LogP) is 3.96. The minimum absolute atomic E-state index is 0.00279. The Labute approximate surface area is 299 Å². The van der Waals surface area contributed by atoms with Gasteiger partial charge >= 0.3 is 11.9 Å². The van der Waals surface area contributed by atoms with Crippen molar-refractivity contribution < 1.29 is 48.3 Å². The molecule has 22 heteroatoms. The topological polar surface area (TPSA) is 295 Å². The predicted molar refractivity (Wildman–Crippen MR) is 184 cm³/mol. The van der Waals surface area contributed by atoms with Gasteiger partial charge in [0.25, 0.3) is 22.7 Å². The van der Waals surface area contributed by atoms with Crippen LogP contribution >= 0.6 is 11.8 Å². The first-order valence-electron chi connectivity index (χ1n) is 15.8. The second-order valence-electron chi connectivity index (χ2n) is 10.9. The number of benzene rings is 2. The van der Waals surface area contributed by atoms with E-state index in [4.69, 9.17) is 9.47 Å². The van der Waals surface area contributed by atoms with Gasteiger partial charge in [-0.15, -0.1) is 11.8 Å².